The summed E-state index contributed by atoms with van der Waals surface area (Å²) >= 11 is 3.18. The van der Waals surface area contributed by atoms with E-state index in [4.69, 9.17) is 5.73 Å². The maximum Gasteiger partial charge on any atom is 0.244 e. The fourth-order valence-electron chi connectivity index (χ4n) is 3.17. The number of nitrogens with zero attached hydrogens (tertiary/aromatic N) is 3. The molecule has 2 heterocycles. The fraction of sp³-hybridized carbons (Fsp3) is 0.368. The molecular formula is C19H24BrN5O3S. The predicted molar refractivity (Wildman–Crippen MR) is 114 cm³/mol. The number of piperazine rings is 1. The van der Waals surface area contributed by atoms with Crippen molar-refractivity contribution < 1.29 is 13.2 Å². The summed E-state index contributed by atoms with van der Waals surface area (Å²) in [5.41, 5.74) is 6.91. The van der Waals surface area contributed by atoms with Crippen molar-refractivity contribution in [2.45, 2.75) is 17.9 Å². The van der Waals surface area contributed by atoms with E-state index in [-0.39, 0.29) is 29.6 Å². The van der Waals surface area contributed by atoms with E-state index in [0.29, 0.717) is 17.6 Å². The highest BCUT2D eigenvalue weighted by atomic mass is 79.9. The number of amides is 1. The van der Waals surface area contributed by atoms with Crippen molar-refractivity contribution in [3.8, 4) is 0 Å². The van der Waals surface area contributed by atoms with Gasteiger partial charge in [0.1, 0.15) is 10.7 Å². The number of sulfonamides is 1. The number of benzene rings is 1. The van der Waals surface area contributed by atoms with Gasteiger partial charge in [0.05, 0.1) is 0 Å². The number of anilines is 1. The molecule has 1 aliphatic heterocycles. The van der Waals surface area contributed by atoms with Gasteiger partial charge in [-0.05, 0) is 27.6 Å². The molecule has 1 aliphatic rings. The Morgan fingerprint density at radius 2 is 1.86 bits per heavy atom. The van der Waals surface area contributed by atoms with Gasteiger partial charge >= 0.3 is 0 Å². The van der Waals surface area contributed by atoms with Gasteiger partial charge < -0.3 is 10.6 Å². The van der Waals surface area contributed by atoms with Crippen LogP contribution in [0.4, 0.5) is 5.82 Å². The molecule has 0 spiro atoms. The largest absolute Gasteiger partial charge is 0.383 e. The molecule has 29 heavy (non-hydrogen) atoms. The van der Waals surface area contributed by atoms with Gasteiger partial charge in [-0.1, -0.05) is 30.3 Å². The van der Waals surface area contributed by atoms with Gasteiger partial charge in [-0.25, -0.2) is 18.1 Å². The lowest BCUT2D eigenvalue weighted by molar-refractivity contribution is -0.132. The van der Waals surface area contributed by atoms with E-state index in [0.717, 1.165) is 19.6 Å². The van der Waals surface area contributed by atoms with Crippen LogP contribution in [0.15, 0.2) is 52.0 Å². The standard InChI is InChI=1S/C19H24BrN5O3S/c20-16-12-17(19(21)22-13-16)29(27,28)23-7-6-18(26)25-10-8-24(9-11-25)14-15-4-2-1-3-5-15/h1-5,12-13,23H,6-11,14H2,(H2,21,22). The highest BCUT2D eigenvalue weighted by molar-refractivity contribution is 9.10. The normalized spacial score (nSPS) is 15.4. The molecule has 1 fully saturated rings. The van der Waals surface area contributed by atoms with Crippen molar-refractivity contribution in [2.75, 3.05) is 38.5 Å². The summed E-state index contributed by atoms with van der Waals surface area (Å²) in [6, 6.07) is 11.6. The summed E-state index contributed by atoms with van der Waals surface area (Å²) in [4.78, 5) is 20.3. The molecule has 1 amide bonds. The number of nitrogens with two attached hydrogens (primary N) is 1. The summed E-state index contributed by atoms with van der Waals surface area (Å²) in [5.74, 6) is -0.144. The quantitative estimate of drug-likeness (QED) is 0.619. The summed E-state index contributed by atoms with van der Waals surface area (Å²) in [5, 5.41) is 0. The van der Waals surface area contributed by atoms with Crippen molar-refractivity contribution in [3.63, 3.8) is 0 Å². The Bertz CT molecular complexity index is 948. The molecule has 0 aliphatic carbocycles. The second kappa shape index (κ2) is 9.66. The number of halogens is 1. The Labute approximate surface area is 179 Å². The van der Waals surface area contributed by atoms with Crippen LogP contribution in [0.1, 0.15) is 12.0 Å². The first kappa shape index (κ1) is 21.7. The molecule has 8 nitrogen and oxygen atoms in total. The lowest BCUT2D eigenvalue weighted by Crippen LogP contribution is -2.48. The summed E-state index contributed by atoms with van der Waals surface area (Å²) < 4.78 is 27.7. The first-order chi connectivity index (χ1) is 13.8. The van der Waals surface area contributed by atoms with E-state index in [1.165, 1.54) is 17.8 Å². The average Bonchev–Trinajstić information content (AvgIpc) is 2.71. The Kier molecular flexibility index (Phi) is 7.23. The van der Waals surface area contributed by atoms with Crippen molar-refractivity contribution >= 4 is 37.7 Å². The third-order valence-electron chi connectivity index (χ3n) is 4.74. The third-order valence-corrected chi connectivity index (χ3v) is 6.67. The van der Waals surface area contributed by atoms with Crippen LogP contribution in [0.2, 0.25) is 0 Å². The van der Waals surface area contributed by atoms with Crippen molar-refractivity contribution in [3.05, 3.63) is 52.6 Å². The number of pyridine rings is 1. The summed E-state index contributed by atoms with van der Waals surface area (Å²) in [7, 11) is -3.83. The highest BCUT2D eigenvalue weighted by Crippen LogP contribution is 2.20. The second-order valence-electron chi connectivity index (χ2n) is 6.83. The third kappa shape index (κ3) is 5.99. The number of hydrogen-bond donors (Lipinski definition) is 2. The van der Waals surface area contributed by atoms with Crippen LogP contribution < -0.4 is 10.5 Å². The molecule has 156 valence electrons. The topological polar surface area (TPSA) is 109 Å². The zero-order valence-electron chi connectivity index (χ0n) is 15.9. The number of carbonyl (C=O) groups excluding carboxylic acids is 1. The van der Waals surface area contributed by atoms with Crippen molar-refractivity contribution in [1.29, 1.82) is 0 Å². The minimum Gasteiger partial charge on any atom is -0.383 e. The average molecular weight is 482 g/mol. The lowest BCUT2D eigenvalue weighted by atomic mass is 10.2. The van der Waals surface area contributed by atoms with Gasteiger partial charge in [-0.2, -0.15) is 0 Å². The fourth-order valence-corrected chi connectivity index (χ4v) is 4.79. The zero-order valence-corrected chi connectivity index (χ0v) is 18.3. The maximum atomic E-state index is 12.4. The Morgan fingerprint density at radius 3 is 2.55 bits per heavy atom. The number of nitrogens with one attached hydrogen (secondary N) is 1. The van der Waals surface area contributed by atoms with E-state index < -0.39 is 10.0 Å². The van der Waals surface area contributed by atoms with Crippen LogP contribution in [-0.2, 0) is 21.4 Å². The van der Waals surface area contributed by atoms with Crippen molar-refractivity contribution in [2.24, 2.45) is 0 Å². The molecule has 0 saturated carbocycles. The molecule has 10 heteroatoms. The smallest absolute Gasteiger partial charge is 0.244 e. The minimum absolute atomic E-state index is 0.0113. The van der Waals surface area contributed by atoms with Crippen LogP contribution in [0, 0.1) is 0 Å². The minimum atomic E-state index is -3.83. The number of hydrogen-bond acceptors (Lipinski definition) is 6. The predicted octanol–water partition coefficient (Wildman–Crippen LogP) is 1.44. The lowest BCUT2D eigenvalue weighted by Gasteiger charge is -2.34. The van der Waals surface area contributed by atoms with E-state index in [1.54, 1.807) is 4.90 Å². The highest BCUT2D eigenvalue weighted by Gasteiger charge is 2.23. The number of carbonyl (C=O) groups is 1. The van der Waals surface area contributed by atoms with Crippen LogP contribution in [-0.4, -0.2) is 61.8 Å². The zero-order chi connectivity index (χ0) is 20.9. The van der Waals surface area contributed by atoms with E-state index in [9.17, 15) is 13.2 Å². The molecule has 3 rings (SSSR count). The first-order valence-electron chi connectivity index (χ1n) is 9.30. The van der Waals surface area contributed by atoms with Crippen LogP contribution >= 0.6 is 15.9 Å². The van der Waals surface area contributed by atoms with Gasteiger partial charge in [-0.3, -0.25) is 9.69 Å². The molecule has 3 N–H and O–H groups in total. The number of aromatic nitrogens is 1. The molecule has 1 aromatic heterocycles. The van der Waals surface area contributed by atoms with Gasteiger partial charge in [-0.15, -0.1) is 0 Å². The Balaban J connectivity index is 1.45. The van der Waals surface area contributed by atoms with Crippen LogP contribution in [0.3, 0.4) is 0 Å². The van der Waals surface area contributed by atoms with Crippen molar-refractivity contribution in [1.82, 2.24) is 19.5 Å². The second-order valence-corrected chi connectivity index (χ2v) is 9.48. The first-order valence-corrected chi connectivity index (χ1v) is 11.6. The maximum absolute atomic E-state index is 12.4. The molecule has 0 atom stereocenters. The molecule has 0 unspecified atom stereocenters. The van der Waals surface area contributed by atoms with Crippen LogP contribution in [0.25, 0.3) is 0 Å². The SMILES string of the molecule is Nc1ncc(Br)cc1S(=O)(=O)NCCC(=O)N1CCN(Cc2ccccc2)CC1. The summed E-state index contributed by atoms with van der Waals surface area (Å²) in [6.45, 7) is 3.75. The van der Waals surface area contributed by atoms with E-state index >= 15 is 0 Å². The van der Waals surface area contributed by atoms with Gasteiger partial charge in [0.2, 0.25) is 15.9 Å². The molecular weight excluding hydrogens is 458 g/mol. The molecule has 1 aromatic carbocycles. The monoisotopic (exact) mass is 481 g/mol. The van der Waals surface area contributed by atoms with Gasteiger partial charge in [0.25, 0.3) is 0 Å². The van der Waals surface area contributed by atoms with E-state index in [2.05, 4.69) is 42.7 Å². The number of nitrogen functional groups attached to an aromatic ring is 1. The molecule has 0 bridgehead atoms. The Hall–Kier alpha value is -2.01. The van der Waals surface area contributed by atoms with Gasteiger partial charge in [0, 0.05) is 56.4 Å². The molecule has 0 radical (unpaired) electrons. The number of rotatable bonds is 7. The summed E-state index contributed by atoms with van der Waals surface area (Å²) in [6.07, 6.45) is 1.52. The Morgan fingerprint density at radius 1 is 1.17 bits per heavy atom. The molecule has 1 saturated heterocycles. The van der Waals surface area contributed by atoms with Crippen LogP contribution in [0.5, 0.6) is 0 Å². The molecule has 2 aromatic rings. The van der Waals surface area contributed by atoms with Gasteiger partial charge in [0.15, 0.2) is 0 Å². The van der Waals surface area contributed by atoms with E-state index in [1.807, 2.05) is 18.2 Å².